The maximum atomic E-state index is 17.4. The Balaban J connectivity index is 1.19. The molecule has 90 heavy (non-hydrogen) atoms. The molecule has 21 heteroatoms. The third kappa shape index (κ3) is 13.9. The summed E-state index contributed by atoms with van der Waals surface area (Å²) in [4.78, 5) is 60.2. The molecule has 2 aromatic heterocycles. The second-order valence-electron chi connectivity index (χ2n) is 24.7. The molecular formula is C69H72F6N6O7S2. The van der Waals surface area contributed by atoms with E-state index in [-0.39, 0.29) is 83.1 Å². The van der Waals surface area contributed by atoms with Crippen molar-refractivity contribution < 1.29 is 50.1 Å². The van der Waals surface area contributed by atoms with Gasteiger partial charge in [0.15, 0.2) is 22.6 Å². The Bertz CT molecular complexity index is 3960. The average molecular weight is 1280 g/mol. The van der Waals surface area contributed by atoms with Gasteiger partial charge in [-0.3, -0.25) is 18.7 Å². The van der Waals surface area contributed by atoms with E-state index in [4.69, 9.17) is 14.2 Å². The monoisotopic (exact) mass is 1270 g/mol. The summed E-state index contributed by atoms with van der Waals surface area (Å²) in [6.07, 6.45) is -7.20. The number of carbonyl (C=O) groups is 2. The number of methoxy groups -OCH3 is 1. The minimum absolute atomic E-state index is 0.0345. The van der Waals surface area contributed by atoms with Gasteiger partial charge in [-0.05, 0) is 138 Å². The van der Waals surface area contributed by atoms with Gasteiger partial charge in [-0.1, -0.05) is 115 Å². The number of alkyl halides is 4. The summed E-state index contributed by atoms with van der Waals surface area (Å²) < 4.78 is 115. The number of nitriles is 1. The van der Waals surface area contributed by atoms with Crippen molar-refractivity contribution in [3.63, 3.8) is 0 Å². The zero-order valence-corrected chi connectivity index (χ0v) is 53.1. The summed E-state index contributed by atoms with van der Waals surface area (Å²) in [6, 6.07) is 34.2. The number of rotatable bonds is 21. The van der Waals surface area contributed by atoms with Gasteiger partial charge in [0.2, 0.25) is 0 Å². The predicted molar refractivity (Wildman–Crippen MR) is 336 cm³/mol. The van der Waals surface area contributed by atoms with Crippen molar-refractivity contribution in [3.05, 3.63) is 216 Å². The molecule has 4 heterocycles. The summed E-state index contributed by atoms with van der Waals surface area (Å²) in [5.41, 5.74) is -7.70. The Morgan fingerprint density at radius 3 is 2.17 bits per heavy atom. The van der Waals surface area contributed by atoms with E-state index in [1.54, 1.807) is 103 Å². The Kier molecular flexibility index (Phi) is 20.0. The highest BCUT2D eigenvalue weighted by Crippen LogP contribution is 2.51. The van der Waals surface area contributed by atoms with Crippen LogP contribution in [0.1, 0.15) is 123 Å². The highest BCUT2D eigenvalue weighted by molar-refractivity contribution is 8.00. The number of amides is 1. The number of hydrogen-bond donors (Lipinski definition) is 3. The summed E-state index contributed by atoms with van der Waals surface area (Å²) in [5.74, 6) is -3.19. The fourth-order valence-corrected chi connectivity index (χ4v) is 15.0. The number of pyridine rings is 2. The van der Waals surface area contributed by atoms with Gasteiger partial charge in [0.05, 0.1) is 46.4 Å². The molecule has 0 bridgehead atoms. The van der Waals surface area contributed by atoms with Crippen LogP contribution < -0.4 is 31.8 Å². The molecule has 0 saturated heterocycles. The predicted octanol–water partition coefficient (Wildman–Crippen LogP) is 14.0. The Morgan fingerprint density at radius 2 is 1.50 bits per heavy atom. The normalized spacial score (nSPS) is 17.8. The lowest BCUT2D eigenvalue weighted by molar-refractivity contribution is -0.165. The van der Waals surface area contributed by atoms with Crippen LogP contribution in [0.3, 0.4) is 0 Å². The highest BCUT2D eigenvalue weighted by atomic mass is 32.2. The van der Waals surface area contributed by atoms with Crippen molar-refractivity contribution >= 4 is 35.6 Å². The minimum atomic E-state index is -4.99. The Labute approximate surface area is 527 Å². The van der Waals surface area contributed by atoms with Crippen molar-refractivity contribution in [3.8, 4) is 22.9 Å². The molecule has 13 nitrogen and oxygen atoms in total. The second-order valence-corrected chi connectivity index (χ2v) is 26.7. The van der Waals surface area contributed by atoms with Gasteiger partial charge in [0.1, 0.15) is 22.6 Å². The van der Waals surface area contributed by atoms with E-state index in [0.717, 1.165) is 47.3 Å². The van der Waals surface area contributed by atoms with E-state index in [1.807, 2.05) is 36.4 Å². The molecule has 1 amide bonds. The molecule has 7 aromatic rings. The van der Waals surface area contributed by atoms with Gasteiger partial charge in [-0.15, -0.1) is 11.8 Å². The number of hydrogen-bond acceptors (Lipinski definition) is 12. The third-order valence-corrected chi connectivity index (χ3v) is 18.6. The number of esters is 1. The maximum absolute atomic E-state index is 17.4. The number of alkyl carbamates (subject to hydrolysis) is 1. The maximum Gasteiger partial charge on any atom is 0.416 e. The molecule has 9 rings (SSSR count). The molecule has 6 unspecified atom stereocenters. The molecule has 0 aliphatic carbocycles. The Hall–Kier alpha value is -7.77. The van der Waals surface area contributed by atoms with E-state index in [9.17, 15) is 28.0 Å². The first-order chi connectivity index (χ1) is 42.6. The van der Waals surface area contributed by atoms with Crippen LogP contribution in [0.4, 0.5) is 31.1 Å². The first-order valence-electron chi connectivity index (χ1n) is 29.5. The quantitative estimate of drug-likeness (QED) is 0.0355. The number of carbonyl (C=O) groups excluding carboxylic acids is 2. The fraction of sp³-hybridized carbons (Fsp3) is 0.377. The SMILES string of the molecule is COc1cccc(-c2c(C)c(Cc3c(F)cccc3C(F)(F)F)c3n(c2=O)C(C(NC(CCC#N)C(CCNCc2ccccc2C2(Cc4ccccc4)C(F)Sc4cc(C)cc(=O)n42)(NC(=O)OC(C)(C)C)C(=O)OC(C)(C)C)c2ccccc2)CS3)c1F. The van der Waals surface area contributed by atoms with Crippen LogP contribution in [-0.4, -0.2) is 68.9 Å². The van der Waals surface area contributed by atoms with Gasteiger partial charge in [0, 0.05) is 54.8 Å². The number of nitrogens with one attached hydrogen (secondary N) is 3. The number of nitrogens with zero attached hydrogens (tertiary/aromatic N) is 3. The zero-order valence-electron chi connectivity index (χ0n) is 51.5. The molecule has 0 saturated carbocycles. The first kappa shape index (κ1) is 66.6. The molecule has 2 aliphatic rings. The van der Waals surface area contributed by atoms with E-state index in [0.29, 0.717) is 27.3 Å². The third-order valence-electron chi connectivity index (χ3n) is 16.2. The number of aromatic nitrogens is 2. The van der Waals surface area contributed by atoms with E-state index in [2.05, 4.69) is 22.0 Å². The lowest BCUT2D eigenvalue weighted by Crippen LogP contribution is -2.68. The second kappa shape index (κ2) is 27.0. The smallest absolute Gasteiger partial charge is 0.416 e. The Morgan fingerprint density at radius 1 is 0.833 bits per heavy atom. The molecule has 474 valence electrons. The van der Waals surface area contributed by atoms with Crippen LogP contribution >= 0.6 is 23.5 Å². The van der Waals surface area contributed by atoms with Crippen molar-refractivity contribution in [2.24, 2.45) is 0 Å². The number of thioether (sulfide) groups is 2. The summed E-state index contributed by atoms with van der Waals surface area (Å²) >= 11 is 2.10. The van der Waals surface area contributed by atoms with Crippen LogP contribution in [0.15, 0.2) is 153 Å². The molecule has 0 spiro atoms. The van der Waals surface area contributed by atoms with E-state index in [1.165, 1.54) is 47.4 Å². The first-order valence-corrected chi connectivity index (χ1v) is 31.4. The fourth-order valence-electron chi connectivity index (χ4n) is 12.3. The van der Waals surface area contributed by atoms with Gasteiger partial charge in [-0.2, -0.15) is 18.4 Å². The van der Waals surface area contributed by atoms with Crippen LogP contribution in [0.2, 0.25) is 0 Å². The average Bonchev–Trinajstić information content (AvgIpc) is 1.52. The molecule has 3 N–H and O–H groups in total. The number of ether oxygens (including phenoxy) is 3. The molecule has 0 radical (unpaired) electrons. The van der Waals surface area contributed by atoms with Crippen molar-refractivity contribution in [1.29, 1.82) is 5.26 Å². The van der Waals surface area contributed by atoms with Crippen LogP contribution in [0.25, 0.3) is 11.1 Å². The number of benzene rings is 5. The number of halogens is 6. The molecule has 2 aliphatic heterocycles. The van der Waals surface area contributed by atoms with Crippen molar-refractivity contribution in [1.82, 2.24) is 25.1 Å². The number of fused-ring (bicyclic) bond motifs is 2. The van der Waals surface area contributed by atoms with E-state index < -0.39 is 98.9 Å². The standard InChI is InChI=1S/C69H72F6N6O7S2/c1-41-35-55(82)81-56(36-41)90-62(72)68(81,38-43-21-12-10-13-22-43)49-27-17-16-25-45(49)39-77-34-32-67(63(84)87-65(3,4)5,79-64(85)88-66(6,7)8)54(31-20-33-76)78-59(44-23-14-11-15-24-44)52-40-89-61-47(37-48-50(69(73,74)75)28-19-29-51(48)70)42(2)57(60(83)80(52)61)46-26-18-30-53(86-9)58(46)71/h10-19,21-30,35-36,52,54,59,62,77-78H,20,31-32,34,37-40H2,1-9H3,(H,79,85). The van der Waals surface area contributed by atoms with Crippen LogP contribution in [0.5, 0.6) is 5.75 Å². The number of aryl methyl sites for hydroxylation is 1. The van der Waals surface area contributed by atoms with Crippen LogP contribution in [0, 0.1) is 36.8 Å². The molecule has 0 fully saturated rings. The topological polar surface area (TPSA) is 166 Å². The summed E-state index contributed by atoms with van der Waals surface area (Å²) in [7, 11) is 1.24. The summed E-state index contributed by atoms with van der Waals surface area (Å²) in [5, 5.41) is 21.2. The summed E-state index contributed by atoms with van der Waals surface area (Å²) in [6.45, 7) is 13.1. The van der Waals surface area contributed by atoms with Crippen molar-refractivity contribution in [2.45, 2.75) is 156 Å². The van der Waals surface area contributed by atoms with Gasteiger partial charge in [-0.25, -0.2) is 22.8 Å². The largest absolute Gasteiger partial charge is 0.494 e. The minimum Gasteiger partial charge on any atom is -0.494 e. The molecular weight excluding hydrogens is 1200 g/mol. The molecule has 6 atom stereocenters. The lowest BCUT2D eigenvalue weighted by atomic mass is 9.81. The zero-order chi connectivity index (χ0) is 65.1. The van der Waals surface area contributed by atoms with Crippen LogP contribution in [-0.2, 0) is 45.4 Å². The lowest BCUT2D eigenvalue weighted by Gasteiger charge is -2.43. The van der Waals surface area contributed by atoms with Gasteiger partial charge >= 0.3 is 18.2 Å². The van der Waals surface area contributed by atoms with Gasteiger partial charge < -0.3 is 30.2 Å². The van der Waals surface area contributed by atoms with E-state index >= 15 is 22.8 Å². The highest BCUT2D eigenvalue weighted by Gasteiger charge is 2.54. The molecule has 5 aromatic carbocycles. The van der Waals surface area contributed by atoms with Gasteiger partial charge in [0.25, 0.3) is 11.1 Å². The van der Waals surface area contributed by atoms with Crippen molar-refractivity contribution in [2.75, 3.05) is 19.4 Å².